The predicted octanol–water partition coefficient (Wildman–Crippen LogP) is 4.20. The number of benzene rings is 2. The van der Waals surface area contributed by atoms with Gasteiger partial charge in [-0.15, -0.1) is 0 Å². The lowest BCUT2D eigenvalue weighted by Gasteiger charge is -2.20. The summed E-state index contributed by atoms with van der Waals surface area (Å²) in [5.41, 5.74) is 3.26. The van der Waals surface area contributed by atoms with Gasteiger partial charge in [-0.1, -0.05) is 35.9 Å². The number of amides is 1. The van der Waals surface area contributed by atoms with E-state index in [1.807, 2.05) is 68.4 Å². The molecule has 0 radical (unpaired) electrons. The summed E-state index contributed by atoms with van der Waals surface area (Å²) in [5, 5.41) is 3.13. The monoisotopic (exact) mass is 332 g/mol. The minimum absolute atomic E-state index is 0.150. The van der Waals surface area contributed by atoms with Crippen LogP contribution in [0.2, 0.25) is 0 Å². The van der Waals surface area contributed by atoms with Crippen molar-refractivity contribution in [2.45, 2.75) is 13.8 Å². The maximum Gasteiger partial charge on any atom is 0.277 e. The second-order valence-corrected chi connectivity index (χ2v) is 5.64. The second kappa shape index (κ2) is 7.57. The van der Waals surface area contributed by atoms with Gasteiger partial charge >= 0.3 is 0 Å². The van der Waals surface area contributed by atoms with E-state index in [9.17, 15) is 4.79 Å². The third kappa shape index (κ3) is 4.01. The Bertz CT molecular complexity index is 847. The van der Waals surface area contributed by atoms with Gasteiger partial charge in [0, 0.05) is 24.1 Å². The van der Waals surface area contributed by atoms with E-state index in [-0.39, 0.29) is 5.91 Å². The maximum absolute atomic E-state index is 12.8. The molecule has 1 aromatic heterocycles. The molecule has 0 unspecified atom stereocenters. The minimum Gasteiger partial charge on any atom is -0.324 e. The molecule has 1 N–H and O–H groups in total. The van der Waals surface area contributed by atoms with Gasteiger partial charge in [-0.05, 0) is 44.2 Å². The van der Waals surface area contributed by atoms with Gasteiger partial charge in [-0.2, -0.15) is 0 Å². The van der Waals surface area contributed by atoms with Gasteiger partial charge in [0.05, 0.1) is 0 Å². The van der Waals surface area contributed by atoms with Crippen LogP contribution in [0, 0.1) is 6.92 Å². The topological polar surface area (TPSA) is 58.1 Å². The lowest BCUT2D eigenvalue weighted by Crippen LogP contribution is -2.31. The summed E-state index contributed by atoms with van der Waals surface area (Å²) in [6.07, 6.45) is 1.59. The number of aromatic nitrogens is 2. The Labute approximate surface area is 147 Å². The van der Waals surface area contributed by atoms with Crippen LogP contribution in [0.3, 0.4) is 0 Å². The SMILES string of the molecule is CCN(C(=O)c1ccnc(Nc2ccc(C)cc2)n1)c1ccccc1. The lowest BCUT2D eigenvalue weighted by atomic mass is 10.2. The zero-order valence-electron chi connectivity index (χ0n) is 14.3. The smallest absolute Gasteiger partial charge is 0.277 e. The number of carbonyl (C=O) groups is 1. The highest BCUT2D eigenvalue weighted by atomic mass is 16.2. The van der Waals surface area contributed by atoms with Crippen LogP contribution in [0.25, 0.3) is 0 Å². The molecule has 3 aromatic rings. The Hall–Kier alpha value is -3.21. The quantitative estimate of drug-likeness (QED) is 0.761. The number of nitrogens with one attached hydrogen (secondary N) is 1. The minimum atomic E-state index is -0.150. The maximum atomic E-state index is 12.8. The van der Waals surface area contributed by atoms with Crippen molar-refractivity contribution in [1.82, 2.24) is 9.97 Å². The van der Waals surface area contributed by atoms with E-state index in [1.54, 1.807) is 17.2 Å². The summed E-state index contributed by atoms with van der Waals surface area (Å²) in [5.74, 6) is 0.252. The highest BCUT2D eigenvalue weighted by Crippen LogP contribution is 2.17. The van der Waals surface area contributed by atoms with Crippen LogP contribution in [-0.4, -0.2) is 22.4 Å². The third-order valence-electron chi connectivity index (χ3n) is 3.81. The van der Waals surface area contributed by atoms with Crippen molar-refractivity contribution < 1.29 is 4.79 Å². The van der Waals surface area contributed by atoms with Gasteiger partial charge in [0.15, 0.2) is 0 Å². The zero-order valence-corrected chi connectivity index (χ0v) is 14.3. The number of anilines is 3. The molecule has 3 rings (SSSR count). The Morgan fingerprint density at radius 3 is 2.44 bits per heavy atom. The van der Waals surface area contributed by atoms with E-state index in [1.165, 1.54) is 5.56 Å². The first-order chi connectivity index (χ1) is 12.2. The van der Waals surface area contributed by atoms with Gasteiger partial charge in [0.25, 0.3) is 5.91 Å². The second-order valence-electron chi connectivity index (χ2n) is 5.64. The fraction of sp³-hybridized carbons (Fsp3) is 0.150. The van der Waals surface area contributed by atoms with Crippen LogP contribution in [0.5, 0.6) is 0 Å². The molecule has 0 bridgehead atoms. The number of rotatable bonds is 5. The van der Waals surface area contributed by atoms with Gasteiger partial charge in [-0.3, -0.25) is 4.79 Å². The van der Waals surface area contributed by atoms with E-state index >= 15 is 0 Å². The molecule has 5 heteroatoms. The molecular formula is C20H20N4O. The first-order valence-electron chi connectivity index (χ1n) is 8.21. The standard InChI is InChI=1S/C20H20N4O/c1-3-24(17-7-5-4-6-8-17)19(25)18-13-14-21-20(23-18)22-16-11-9-15(2)10-12-16/h4-14H,3H2,1-2H3,(H,21,22,23). The van der Waals surface area contributed by atoms with Crippen molar-refractivity contribution in [2.24, 2.45) is 0 Å². The molecule has 5 nitrogen and oxygen atoms in total. The third-order valence-corrected chi connectivity index (χ3v) is 3.81. The molecule has 0 fully saturated rings. The molecule has 0 aliphatic heterocycles. The van der Waals surface area contributed by atoms with Crippen LogP contribution in [0.1, 0.15) is 23.0 Å². The Balaban J connectivity index is 1.82. The molecule has 0 spiro atoms. The van der Waals surface area contributed by atoms with E-state index in [2.05, 4.69) is 15.3 Å². The van der Waals surface area contributed by atoms with E-state index in [0.717, 1.165) is 11.4 Å². The largest absolute Gasteiger partial charge is 0.324 e. The van der Waals surface area contributed by atoms with Crippen molar-refractivity contribution in [3.8, 4) is 0 Å². The van der Waals surface area contributed by atoms with Crippen molar-refractivity contribution in [3.63, 3.8) is 0 Å². The Morgan fingerprint density at radius 1 is 1.04 bits per heavy atom. The van der Waals surface area contributed by atoms with Gasteiger partial charge in [0.1, 0.15) is 5.69 Å². The van der Waals surface area contributed by atoms with Gasteiger partial charge < -0.3 is 10.2 Å². The summed E-state index contributed by atoms with van der Waals surface area (Å²) < 4.78 is 0. The van der Waals surface area contributed by atoms with Crippen molar-refractivity contribution >= 4 is 23.2 Å². The molecule has 126 valence electrons. The fourth-order valence-electron chi connectivity index (χ4n) is 2.49. The number of nitrogens with zero attached hydrogens (tertiary/aromatic N) is 3. The van der Waals surface area contributed by atoms with Crippen LogP contribution < -0.4 is 10.2 Å². The summed E-state index contributed by atoms with van der Waals surface area (Å²) in [4.78, 5) is 23.1. The number of hydrogen-bond acceptors (Lipinski definition) is 4. The highest BCUT2D eigenvalue weighted by molar-refractivity contribution is 6.04. The first kappa shape index (κ1) is 16.6. The molecule has 0 aliphatic rings. The Kier molecular flexibility index (Phi) is 5.04. The average molecular weight is 332 g/mol. The zero-order chi connectivity index (χ0) is 17.6. The number of hydrogen-bond donors (Lipinski definition) is 1. The lowest BCUT2D eigenvalue weighted by molar-refractivity contribution is 0.0983. The van der Waals surface area contributed by atoms with Crippen LogP contribution in [-0.2, 0) is 0 Å². The van der Waals surface area contributed by atoms with Crippen molar-refractivity contribution in [1.29, 1.82) is 0 Å². The fourth-order valence-corrected chi connectivity index (χ4v) is 2.49. The summed E-state index contributed by atoms with van der Waals surface area (Å²) >= 11 is 0. The van der Waals surface area contributed by atoms with E-state index in [4.69, 9.17) is 0 Å². The highest BCUT2D eigenvalue weighted by Gasteiger charge is 2.17. The Morgan fingerprint density at radius 2 is 1.76 bits per heavy atom. The number of aryl methyl sites for hydroxylation is 1. The van der Waals surface area contributed by atoms with Crippen LogP contribution in [0.4, 0.5) is 17.3 Å². The molecule has 0 saturated carbocycles. The first-order valence-corrected chi connectivity index (χ1v) is 8.21. The molecule has 0 aliphatic carbocycles. The molecule has 1 heterocycles. The number of para-hydroxylation sites is 1. The summed E-state index contributed by atoms with van der Waals surface area (Å²) in [6.45, 7) is 4.54. The summed E-state index contributed by atoms with van der Waals surface area (Å²) in [7, 11) is 0. The molecule has 1 amide bonds. The van der Waals surface area contributed by atoms with E-state index < -0.39 is 0 Å². The normalized spacial score (nSPS) is 10.3. The predicted molar refractivity (Wildman–Crippen MR) is 100 cm³/mol. The van der Waals surface area contributed by atoms with E-state index in [0.29, 0.717) is 18.2 Å². The molecule has 0 atom stereocenters. The van der Waals surface area contributed by atoms with Crippen molar-refractivity contribution in [2.75, 3.05) is 16.8 Å². The van der Waals surface area contributed by atoms with Crippen LogP contribution >= 0.6 is 0 Å². The van der Waals surface area contributed by atoms with Gasteiger partial charge in [0.2, 0.25) is 5.95 Å². The van der Waals surface area contributed by atoms with Gasteiger partial charge in [-0.25, -0.2) is 9.97 Å². The number of carbonyl (C=O) groups excluding carboxylic acids is 1. The molecule has 25 heavy (non-hydrogen) atoms. The summed E-state index contributed by atoms with van der Waals surface area (Å²) in [6, 6.07) is 19.1. The molecule has 0 saturated heterocycles. The van der Waals surface area contributed by atoms with Crippen molar-refractivity contribution in [3.05, 3.63) is 78.1 Å². The van der Waals surface area contributed by atoms with Crippen LogP contribution in [0.15, 0.2) is 66.9 Å². The molecule has 2 aromatic carbocycles. The molecular weight excluding hydrogens is 312 g/mol. The average Bonchev–Trinajstić information content (AvgIpc) is 2.65.